The predicted octanol–water partition coefficient (Wildman–Crippen LogP) is 6.82. The van der Waals surface area contributed by atoms with Gasteiger partial charge in [-0.05, 0) is 41.0 Å². The Kier molecular flexibility index (Phi) is 9.08. The van der Waals surface area contributed by atoms with Crippen molar-refractivity contribution < 1.29 is 31.8 Å². The highest BCUT2D eigenvalue weighted by molar-refractivity contribution is 7.85. The lowest BCUT2D eigenvalue weighted by atomic mass is 9.97. The molecule has 1 heterocycles. The van der Waals surface area contributed by atoms with Crippen LogP contribution in [0.5, 0.6) is 11.5 Å². The molecule has 5 aromatic rings. The van der Waals surface area contributed by atoms with Crippen molar-refractivity contribution in [3.63, 3.8) is 0 Å². The summed E-state index contributed by atoms with van der Waals surface area (Å²) in [5.41, 5.74) is 3.33. The Balaban J connectivity index is 0.000000251. The molecule has 0 atom stereocenters. The molecule has 0 saturated carbocycles. The average Bonchev–Trinajstić information content (AvgIpc) is 3.00. The summed E-state index contributed by atoms with van der Waals surface area (Å²) in [5, 5.41) is 11.2. The first kappa shape index (κ1) is 28.9. The Bertz CT molecular complexity index is 1800. The molecular weight excluding hydrogens is 546 g/mol. The van der Waals surface area contributed by atoms with Crippen LogP contribution in [0.3, 0.4) is 0 Å². The quantitative estimate of drug-likeness (QED) is 0.0900. The predicted molar refractivity (Wildman–Crippen MR) is 155 cm³/mol. The summed E-state index contributed by atoms with van der Waals surface area (Å²) in [4.78, 5) is 8.55. The molecule has 0 aliphatic heterocycles. The van der Waals surface area contributed by atoms with Crippen molar-refractivity contribution in [1.82, 2.24) is 0 Å². The molecule has 0 aliphatic rings. The van der Waals surface area contributed by atoms with Crippen LogP contribution in [0, 0.1) is 10.1 Å². The number of nitro groups is 1. The van der Waals surface area contributed by atoms with E-state index in [1.165, 1.54) is 12.1 Å². The molecule has 0 saturated heterocycles. The van der Waals surface area contributed by atoms with Gasteiger partial charge in [-0.15, -0.1) is 0 Å². The summed E-state index contributed by atoms with van der Waals surface area (Å²) < 4.78 is 48.5. The van der Waals surface area contributed by atoms with Gasteiger partial charge >= 0.3 is 11.3 Å². The molecule has 5 rings (SSSR count). The fourth-order valence-electron chi connectivity index (χ4n) is 4.05. The minimum atomic E-state index is -4.77. The molecule has 4 aromatic carbocycles. The zero-order valence-electron chi connectivity index (χ0n) is 22.1. The van der Waals surface area contributed by atoms with Crippen molar-refractivity contribution in [2.75, 3.05) is 14.2 Å². The number of rotatable bonds is 7. The average molecular weight is 572 g/mol. The third-order valence-electron chi connectivity index (χ3n) is 5.98. The molecule has 208 valence electrons. The van der Waals surface area contributed by atoms with Gasteiger partial charge in [-0.25, -0.2) is 12.8 Å². The molecule has 41 heavy (non-hydrogen) atoms. The molecule has 1 aromatic heterocycles. The van der Waals surface area contributed by atoms with Crippen molar-refractivity contribution in [2.24, 2.45) is 0 Å². The van der Waals surface area contributed by atoms with Gasteiger partial charge in [-0.3, -0.25) is 10.1 Å². The van der Waals surface area contributed by atoms with Crippen LogP contribution in [0.25, 0.3) is 22.6 Å². The van der Waals surface area contributed by atoms with Crippen LogP contribution < -0.4 is 9.47 Å². The Labute approximate surface area is 236 Å². The smallest absolute Gasteiger partial charge is 0.364 e. The van der Waals surface area contributed by atoms with Gasteiger partial charge in [0.25, 0.3) is 5.69 Å². The number of ether oxygens (including phenoxy) is 2. The molecule has 0 radical (unpaired) electrons. The first-order valence-electron chi connectivity index (χ1n) is 12.2. The van der Waals surface area contributed by atoms with Gasteiger partial charge in [0, 0.05) is 12.1 Å². The second kappa shape index (κ2) is 12.9. The van der Waals surface area contributed by atoms with Crippen molar-refractivity contribution in [3.05, 3.63) is 136 Å². The normalized spacial score (nSPS) is 11.3. The third-order valence-corrected chi connectivity index (χ3v) is 6.86. The summed E-state index contributed by atoms with van der Waals surface area (Å²) >= 11 is 0. The van der Waals surface area contributed by atoms with Gasteiger partial charge in [-0.1, -0.05) is 66.7 Å². The molecule has 0 bridgehead atoms. The lowest BCUT2D eigenvalue weighted by molar-refractivity contribution is -0.387. The van der Waals surface area contributed by atoms with Gasteiger partial charge in [0.2, 0.25) is 0 Å². The van der Waals surface area contributed by atoms with E-state index < -0.39 is 25.6 Å². The Morgan fingerprint density at radius 3 is 2.02 bits per heavy atom. The summed E-state index contributed by atoms with van der Waals surface area (Å²) in [7, 11) is -1.42. The molecule has 0 amide bonds. The SMILES string of the molecule is COc1ccc(C(=Cc2cc(OC)c3ccccc3[o+]2)c2ccccc2)cc1.O=[N+]([O-])c1ccccc1S(=O)(=O)[O-]. The molecule has 9 nitrogen and oxygen atoms in total. The number of methoxy groups -OCH3 is 2. The third kappa shape index (κ3) is 7.13. The Morgan fingerprint density at radius 1 is 0.805 bits per heavy atom. The van der Waals surface area contributed by atoms with Crippen LogP contribution in [0.15, 0.2) is 119 Å². The van der Waals surface area contributed by atoms with Crippen molar-refractivity contribution in [1.29, 1.82) is 0 Å². The lowest BCUT2D eigenvalue weighted by Gasteiger charge is -2.08. The second-order valence-electron chi connectivity index (χ2n) is 8.54. The van der Waals surface area contributed by atoms with E-state index in [1.807, 2.05) is 66.7 Å². The van der Waals surface area contributed by atoms with Crippen LogP contribution in [0.4, 0.5) is 5.69 Å². The van der Waals surface area contributed by atoms with Crippen LogP contribution in [0.2, 0.25) is 0 Å². The summed E-state index contributed by atoms with van der Waals surface area (Å²) in [6, 6.07) is 32.5. The number of nitrogens with zero attached hydrogens (tertiary/aromatic N) is 1. The van der Waals surface area contributed by atoms with E-state index in [-0.39, 0.29) is 0 Å². The first-order chi connectivity index (χ1) is 19.7. The van der Waals surface area contributed by atoms with Gasteiger partial charge in [0.15, 0.2) is 0 Å². The highest BCUT2D eigenvalue weighted by Crippen LogP contribution is 2.32. The van der Waals surface area contributed by atoms with E-state index in [1.54, 1.807) is 14.2 Å². The minimum Gasteiger partial charge on any atom is -0.744 e. The van der Waals surface area contributed by atoms with Gasteiger partial charge in [0.05, 0.1) is 31.3 Å². The Hall–Kier alpha value is -5.06. The van der Waals surface area contributed by atoms with Gasteiger partial charge < -0.3 is 14.0 Å². The Morgan fingerprint density at radius 2 is 1.41 bits per heavy atom. The first-order valence-corrected chi connectivity index (χ1v) is 13.6. The fourth-order valence-corrected chi connectivity index (χ4v) is 4.69. The second-order valence-corrected chi connectivity index (χ2v) is 9.89. The number of para-hydroxylation sites is 2. The van der Waals surface area contributed by atoms with Crippen molar-refractivity contribution >= 4 is 38.4 Å². The maximum absolute atomic E-state index is 10.5. The zero-order valence-corrected chi connectivity index (χ0v) is 22.9. The molecule has 0 fully saturated rings. The lowest BCUT2D eigenvalue weighted by Crippen LogP contribution is -2.02. The van der Waals surface area contributed by atoms with E-state index in [2.05, 4.69) is 24.3 Å². The van der Waals surface area contributed by atoms with E-state index in [0.717, 1.165) is 57.1 Å². The standard InChI is InChI=1S/C25H21O3.C6H5NO5S/c1-26-20-14-12-19(13-15-20)23(18-8-4-3-5-9-18)16-21-17-25(27-2)22-10-6-7-11-24(22)28-21;8-7(9)5-3-1-2-4-6(5)13(10,11)12/h3-17H,1-2H3;1-4H,(H,10,11,12)/q+1;/p-1. The molecular formula is C31H25NO8S. The summed E-state index contributed by atoms with van der Waals surface area (Å²) in [6.07, 6.45) is 2.05. The maximum atomic E-state index is 10.5. The summed E-state index contributed by atoms with van der Waals surface area (Å²) in [6.45, 7) is 0. The molecule has 0 N–H and O–H groups in total. The highest BCUT2D eigenvalue weighted by Gasteiger charge is 2.18. The topological polar surface area (TPSA) is 130 Å². The fraction of sp³-hybridized carbons (Fsp3) is 0.0645. The van der Waals surface area contributed by atoms with E-state index in [9.17, 15) is 23.1 Å². The number of hydrogen-bond donors (Lipinski definition) is 0. The van der Waals surface area contributed by atoms with E-state index >= 15 is 0 Å². The summed E-state index contributed by atoms with van der Waals surface area (Å²) in [5.74, 6) is 2.34. The number of hydrogen-bond acceptors (Lipinski definition) is 7. The highest BCUT2D eigenvalue weighted by atomic mass is 32.2. The van der Waals surface area contributed by atoms with Crippen molar-refractivity contribution in [3.8, 4) is 11.5 Å². The van der Waals surface area contributed by atoms with Crippen LogP contribution >= 0.6 is 0 Å². The van der Waals surface area contributed by atoms with Gasteiger partial charge in [-0.2, -0.15) is 0 Å². The van der Waals surface area contributed by atoms with Crippen molar-refractivity contribution in [2.45, 2.75) is 4.90 Å². The largest absolute Gasteiger partial charge is 0.744 e. The molecule has 10 heteroatoms. The molecule has 0 spiro atoms. The minimum absolute atomic E-state index is 0.697. The zero-order chi connectivity index (χ0) is 29.4. The van der Waals surface area contributed by atoms with E-state index in [4.69, 9.17) is 13.9 Å². The van der Waals surface area contributed by atoms with Gasteiger partial charge in [0.1, 0.15) is 31.9 Å². The number of fused-ring (bicyclic) bond motifs is 1. The number of benzene rings is 4. The van der Waals surface area contributed by atoms with Crippen LogP contribution in [-0.4, -0.2) is 32.1 Å². The number of nitro benzene ring substituents is 1. The molecule has 0 unspecified atom stereocenters. The van der Waals surface area contributed by atoms with Crippen LogP contribution in [-0.2, 0) is 10.1 Å². The van der Waals surface area contributed by atoms with Crippen LogP contribution in [0.1, 0.15) is 16.9 Å². The van der Waals surface area contributed by atoms with E-state index in [0.29, 0.717) is 0 Å². The monoisotopic (exact) mass is 571 g/mol. The molecule has 0 aliphatic carbocycles. The maximum Gasteiger partial charge on any atom is 0.364 e.